The van der Waals surface area contributed by atoms with Crippen LogP contribution in [0.25, 0.3) is 0 Å². The van der Waals surface area contributed by atoms with E-state index in [2.05, 4.69) is 0 Å². The molecule has 0 N–H and O–H groups in total. The van der Waals surface area contributed by atoms with Gasteiger partial charge in [0.25, 0.3) is 5.91 Å². The van der Waals surface area contributed by atoms with E-state index < -0.39 is 18.1 Å². The molecular formula is C32H28N2O5. The van der Waals surface area contributed by atoms with E-state index in [1.54, 1.807) is 29.3 Å². The first-order chi connectivity index (χ1) is 19.2. The number of imide groups is 1. The second-order valence-corrected chi connectivity index (χ2v) is 9.42. The van der Waals surface area contributed by atoms with Crippen molar-refractivity contribution in [2.45, 2.75) is 25.7 Å². The van der Waals surface area contributed by atoms with Crippen LogP contribution in [0.4, 0.5) is 11.4 Å². The average molecular weight is 521 g/mol. The molecule has 2 amide bonds. The number of carbonyl (C=O) groups excluding carboxylic acids is 2. The fourth-order valence-electron chi connectivity index (χ4n) is 5.22. The maximum absolute atomic E-state index is 13.8. The minimum absolute atomic E-state index is 0.290. The Kier molecular flexibility index (Phi) is 6.73. The highest BCUT2D eigenvalue weighted by Gasteiger charge is 2.60. The van der Waals surface area contributed by atoms with Gasteiger partial charge in [-0.25, -0.2) is 9.96 Å². The zero-order valence-corrected chi connectivity index (χ0v) is 21.5. The molecule has 7 heteroatoms. The number of hydroxylamine groups is 1. The van der Waals surface area contributed by atoms with Gasteiger partial charge in [0, 0.05) is 0 Å². The first-order valence-corrected chi connectivity index (χ1v) is 13.0. The molecule has 0 saturated carbocycles. The Morgan fingerprint density at radius 2 is 1.36 bits per heavy atom. The Morgan fingerprint density at radius 1 is 0.718 bits per heavy atom. The summed E-state index contributed by atoms with van der Waals surface area (Å²) in [6, 6.07) is 33.5. The van der Waals surface area contributed by atoms with Crippen molar-refractivity contribution >= 4 is 23.2 Å². The molecule has 2 saturated heterocycles. The van der Waals surface area contributed by atoms with Crippen molar-refractivity contribution in [3.05, 3.63) is 120 Å². The number of amides is 2. The van der Waals surface area contributed by atoms with Crippen molar-refractivity contribution in [2.75, 3.05) is 16.6 Å². The number of carbonyl (C=O) groups is 2. The van der Waals surface area contributed by atoms with E-state index in [0.717, 1.165) is 16.8 Å². The number of hydrogen-bond acceptors (Lipinski definition) is 6. The molecule has 3 atom stereocenters. The quantitative estimate of drug-likeness (QED) is 0.277. The number of hydrogen-bond donors (Lipinski definition) is 0. The Bertz CT molecular complexity index is 1460. The van der Waals surface area contributed by atoms with Gasteiger partial charge in [0.15, 0.2) is 17.6 Å². The van der Waals surface area contributed by atoms with E-state index in [9.17, 15) is 9.59 Å². The molecule has 0 spiro atoms. The highest BCUT2D eigenvalue weighted by atomic mass is 16.7. The number of anilines is 2. The molecule has 0 bridgehead atoms. The molecule has 39 heavy (non-hydrogen) atoms. The van der Waals surface area contributed by atoms with Crippen LogP contribution in [-0.2, 0) is 21.0 Å². The summed E-state index contributed by atoms with van der Waals surface area (Å²) in [7, 11) is 0. The molecule has 4 aromatic rings. The van der Waals surface area contributed by atoms with Crippen LogP contribution in [0.1, 0.15) is 24.1 Å². The lowest BCUT2D eigenvalue weighted by molar-refractivity contribution is -0.126. The van der Waals surface area contributed by atoms with Crippen LogP contribution in [-0.4, -0.2) is 24.5 Å². The minimum Gasteiger partial charge on any atom is -0.490 e. The van der Waals surface area contributed by atoms with Crippen molar-refractivity contribution in [2.24, 2.45) is 5.92 Å². The molecule has 0 aliphatic carbocycles. The number of rotatable bonds is 8. The van der Waals surface area contributed by atoms with Crippen LogP contribution in [0.2, 0.25) is 0 Å². The third-order valence-electron chi connectivity index (χ3n) is 6.99. The van der Waals surface area contributed by atoms with Crippen LogP contribution in [0.5, 0.6) is 11.5 Å². The molecule has 2 fully saturated rings. The lowest BCUT2D eigenvalue weighted by Crippen LogP contribution is -2.37. The first kappa shape index (κ1) is 24.7. The van der Waals surface area contributed by atoms with Crippen LogP contribution in [0.3, 0.4) is 0 Å². The fourth-order valence-corrected chi connectivity index (χ4v) is 5.22. The molecule has 0 radical (unpaired) electrons. The summed E-state index contributed by atoms with van der Waals surface area (Å²) in [5.74, 6) is -0.219. The first-order valence-electron chi connectivity index (χ1n) is 13.0. The maximum Gasteiger partial charge on any atom is 0.266 e. The molecule has 2 aliphatic rings. The van der Waals surface area contributed by atoms with Gasteiger partial charge in [-0.1, -0.05) is 72.8 Å². The van der Waals surface area contributed by atoms with Crippen LogP contribution in [0, 0.1) is 5.92 Å². The lowest BCUT2D eigenvalue weighted by Gasteiger charge is -2.29. The predicted octanol–water partition coefficient (Wildman–Crippen LogP) is 5.72. The molecule has 6 rings (SSSR count). The number of para-hydroxylation sites is 2. The van der Waals surface area contributed by atoms with Crippen LogP contribution in [0.15, 0.2) is 109 Å². The number of nitrogens with zero attached hydrogens (tertiary/aromatic N) is 2. The van der Waals surface area contributed by atoms with Gasteiger partial charge in [0.05, 0.1) is 24.0 Å². The number of fused-ring (bicyclic) bond motifs is 1. The third kappa shape index (κ3) is 4.62. The normalized spacial score (nSPS) is 20.3. The van der Waals surface area contributed by atoms with E-state index in [0.29, 0.717) is 30.4 Å². The van der Waals surface area contributed by atoms with E-state index in [1.807, 2.05) is 91.9 Å². The predicted molar refractivity (Wildman–Crippen MR) is 147 cm³/mol. The van der Waals surface area contributed by atoms with Crippen molar-refractivity contribution in [1.29, 1.82) is 0 Å². The van der Waals surface area contributed by atoms with Gasteiger partial charge in [0.2, 0.25) is 5.91 Å². The van der Waals surface area contributed by atoms with E-state index in [1.165, 1.54) is 4.90 Å². The minimum atomic E-state index is -0.938. The molecule has 0 unspecified atom stereocenters. The zero-order valence-electron chi connectivity index (χ0n) is 21.5. The van der Waals surface area contributed by atoms with E-state index >= 15 is 0 Å². The monoisotopic (exact) mass is 520 g/mol. The van der Waals surface area contributed by atoms with Gasteiger partial charge in [-0.2, -0.15) is 0 Å². The Balaban J connectivity index is 1.37. The van der Waals surface area contributed by atoms with Gasteiger partial charge in [0.1, 0.15) is 12.5 Å². The summed E-state index contributed by atoms with van der Waals surface area (Å²) in [6.45, 7) is 2.75. The molecule has 7 nitrogen and oxygen atoms in total. The van der Waals surface area contributed by atoms with Gasteiger partial charge in [-0.3, -0.25) is 14.4 Å². The Labute approximate surface area is 227 Å². The maximum atomic E-state index is 13.8. The van der Waals surface area contributed by atoms with Gasteiger partial charge >= 0.3 is 0 Å². The summed E-state index contributed by atoms with van der Waals surface area (Å²) >= 11 is 0. The summed E-state index contributed by atoms with van der Waals surface area (Å²) < 4.78 is 12.1. The molecule has 196 valence electrons. The third-order valence-corrected chi connectivity index (χ3v) is 6.99. The second-order valence-electron chi connectivity index (χ2n) is 9.42. The van der Waals surface area contributed by atoms with Gasteiger partial charge in [-0.15, -0.1) is 0 Å². The highest BCUT2D eigenvalue weighted by Crippen LogP contribution is 2.48. The van der Waals surface area contributed by atoms with Gasteiger partial charge in [-0.05, 0) is 54.4 Å². The van der Waals surface area contributed by atoms with Crippen molar-refractivity contribution < 1.29 is 23.9 Å². The van der Waals surface area contributed by atoms with Gasteiger partial charge < -0.3 is 9.47 Å². The summed E-state index contributed by atoms with van der Waals surface area (Å²) in [6.07, 6.45) is -0.938. The standard InChI is InChI=1S/C32H28N2O5/c1-2-37-27-20-23(18-19-26(27)38-21-22-12-6-3-7-13-22)29-28-30(39-34(29)25-16-10-5-11-17-25)32(36)33(31(28)35)24-14-8-4-9-15-24/h3-20,28-30H,2,21H2,1H3/t28-,29+,30+/m0/s1. The molecule has 4 aromatic carbocycles. The summed E-state index contributed by atoms with van der Waals surface area (Å²) in [4.78, 5) is 34.8. The molecule has 0 aromatic heterocycles. The van der Waals surface area contributed by atoms with Crippen LogP contribution < -0.4 is 19.4 Å². The Morgan fingerprint density at radius 3 is 2.03 bits per heavy atom. The van der Waals surface area contributed by atoms with E-state index in [-0.39, 0.29) is 11.8 Å². The lowest BCUT2D eigenvalue weighted by atomic mass is 9.90. The fraction of sp³-hybridized carbons (Fsp3) is 0.188. The molecular weight excluding hydrogens is 492 g/mol. The number of benzene rings is 4. The largest absolute Gasteiger partial charge is 0.490 e. The smallest absolute Gasteiger partial charge is 0.266 e. The highest BCUT2D eigenvalue weighted by molar-refractivity contribution is 6.23. The summed E-state index contributed by atoms with van der Waals surface area (Å²) in [5.41, 5.74) is 3.13. The topological polar surface area (TPSA) is 68.3 Å². The molecule has 2 heterocycles. The zero-order chi connectivity index (χ0) is 26.8. The summed E-state index contributed by atoms with van der Waals surface area (Å²) in [5, 5.41) is 1.68. The van der Waals surface area contributed by atoms with Crippen molar-refractivity contribution in [3.63, 3.8) is 0 Å². The van der Waals surface area contributed by atoms with Crippen molar-refractivity contribution in [3.8, 4) is 11.5 Å². The number of ether oxygens (including phenoxy) is 2. The SMILES string of the molecule is CCOc1cc([C@@H]2[C@@H]3C(=O)N(c4ccccc4)C(=O)[C@@H]3ON2c2ccccc2)ccc1OCc1ccccc1. The van der Waals surface area contributed by atoms with Crippen LogP contribution >= 0.6 is 0 Å². The molecule has 2 aliphatic heterocycles. The average Bonchev–Trinajstić information content (AvgIpc) is 3.49. The Hall–Kier alpha value is -4.62. The van der Waals surface area contributed by atoms with Crippen molar-refractivity contribution in [1.82, 2.24) is 0 Å². The second kappa shape index (κ2) is 10.6. The van der Waals surface area contributed by atoms with E-state index in [4.69, 9.17) is 14.3 Å².